The van der Waals surface area contributed by atoms with Gasteiger partial charge in [0.05, 0.1) is 5.69 Å². The molecule has 0 bridgehead atoms. The standard InChI is InChI=1S/C17H17BN2O4S2/c18-13-3-4-15-12(10-13)11-24-17(21)20(15)14-5-7-19(8-6-14)26(22,23)16-2-1-9-25-16/h1-4,9-10,14H,5-8,11H2. The van der Waals surface area contributed by atoms with Crippen molar-refractivity contribution in [3.8, 4) is 0 Å². The molecule has 26 heavy (non-hydrogen) atoms. The average Bonchev–Trinajstić information content (AvgIpc) is 3.17. The van der Waals surface area contributed by atoms with Crippen LogP contribution in [0.3, 0.4) is 0 Å². The first-order chi connectivity index (χ1) is 12.5. The summed E-state index contributed by atoms with van der Waals surface area (Å²) in [7, 11) is 2.37. The third kappa shape index (κ3) is 3.04. The highest BCUT2D eigenvalue weighted by atomic mass is 32.2. The van der Waals surface area contributed by atoms with Crippen molar-refractivity contribution in [2.75, 3.05) is 18.0 Å². The quantitative estimate of drug-likeness (QED) is 0.753. The Labute approximate surface area is 157 Å². The molecule has 9 heteroatoms. The molecule has 4 rings (SSSR count). The number of hydrogen-bond acceptors (Lipinski definition) is 5. The van der Waals surface area contributed by atoms with E-state index in [1.54, 1.807) is 28.5 Å². The number of anilines is 1. The molecular formula is C17H17BN2O4S2. The van der Waals surface area contributed by atoms with Crippen molar-refractivity contribution < 1.29 is 17.9 Å². The number of hydrogen-bond donors (Lipinski definition) is 0. The van der Waals surface area contributed by atoms with E-state index in [1.165, 1.54) is 15.6 Å². The summed E-state index contributed by atoms with van der Waals surface area (Å²) in [5.41, 5.74) is 2.30. The zero-order valence-electron chi connectivity index (χ0n) is 14.0. The summed E-state index contributed by atoms with van der Waals surface area (Å²) in [6.07, 6.45) is 0.731. The molecule has 2 aromatic rings. The molecule has 1 aromatic carbocycles. The molecule has 1 saturated heterocycles. The maximum atomic E-state index is 12.6. The van der Waals surface area contributed by atoms with Crippen molar-refractivity contribution in [2.45, 2.75) is 29.7 Å². The maximum absolute atomic E-state index is 12.6. The Morgan fingerprint density at radius 1 is 1.19 bits per heavy atom. The molecule has 1 aromatic heterocycles. The van der Waals surface area contributed by atoms with Crippen molar-refractivity contribution in [3.05, 3.63) is 41.3 Å². The van der Waals surface area contributed by atoms with Crippen molar-refractivity contribution in [1.82, 2.24) is 4.31 Å². The summed E-state index contributed by atoms with van der Waals surface area (Å²) in [4.78, 5) is 14.0. The average molecular weight is 388 g/mol. The Hall–Kier alpha value is -1.84. The molecule has 3 heterocycles. The number of cyclic esters (lactones) is 1. The molecule has 0 N–H and O–H groups in total. The lowest BCUT2D eigenvalue weighted by Crippen LogP contribution is -2.50. The number of thiophene rings is 1. The minimum atomic E-state index is -3.45. The number of amides is 1. The first-order valence-electron chi connectivity index (χ1n) is 8.35. The second-order valence-corrected chi connectivity index (χ2v) is 9.49. The van der Waals surface area contributed by atoms with Crippen LogP contribution in [0.15, 0.2) is 39.9 Å². The zero-order chi connectivity index (χ0) is 18.3. The van der Waals surface area contributed by atoms with E-state index in [9.17, 15) is 13.2 Å². The van der Waals surface area contributed by atoms with Gasteiger partial charge in [-0.3, -0.25) is 4.90 Å². The third-order valence-electron chi connectivity index (χ3n) is 4.79. The van der Waals surface area contributed by atoms with Crippen molar-refractivity contribution in [3.63, 3.8) is 0 Å². The lowest BCUT2D eigenvalue weighted by Gasteiger charge is -2.39. The van der Waals surface area contributed by atoms with Crippen molar-refractivity contribution >= 4 is 46.4 Å². The SMILES string of the molecule is [B]c1ccc2c(c1)COC(=O)N2C1CCN(S(=O)(=O)c2cccs2)CC1. The third-order valence-corrected chi connectivity index (χ3v) is 8.06. The van der Waals surface area contributed by atoms with E-state index < -0.39 is 10.0 Å². The lowest BCUT2D eigenvalue weighted by molar-refractivity contribution is 0.136. The molecule has 6 nitrogen and oxygen atoms in total. The maximum Gasteiger partial charge on any atom is 0.414 e. The Kier molecular flexibility index (Phi) is 4.54. The summed E-state index contributed by atoms with van der Waals surface area (Å²) in [5.74, 6) is 0. The highest BCUT2D eigenvalue weighted by Crippen LogP contribution is 2.32. The summed E-state index contributed by atoms with van der Waals surface area (Å²) in [5, 5.41) is 1.76. The van der Waals surface area contributed by atoms with Crippen LogP contribution >= 0.6 is 11.3 Å². The fourth-order valence-corrected chi connectivity index (χ4v) is 6.10. The van der Waals surface area contributed by atoms with Crippen LogP contribution in [-0.4, -0.2) is 45.8 Å². The molecule has 0 spiro atoms. The minimum absolute atomic E-state index is 0.0973. The van der Waals surface area contributed by atoms with E-state index in [1.807, 2.05) is 12.1 Å². The molecule has 2 radical (unpaired) electrons. The number of piperidine rings is 1. The fraction of sp³-hybridized carbons (Fsp3) is 0.353. The minimum Gasteiger partial charge on any atom is -0.444 e. The van der Waals surface area contributed by atoms with E-state index in [0.29, 0.717) is 35.6 Å². The first kappa shape index (κ1) is 17.6. The zero-order valence-corrected chi connectivity index (χ0v) is 15.6. The number of sulfonamides is 1. The fourth-order valence-electron chi connectivity index (χ4n) is 3.49. The molecule has 0 saturated carbocycles. The van der Waals surface area contributed by atoms with Gasteiger partial charge in [-0.25, -0.2) is 13.2 Å². The molecule has 1 fully saturated rings. The largest absolute Gasteiger partial charge is 0.444 e. The van der Waals surface area contributed by atoms with Gasteiger partial charge in [-0.05, 0) is 30.4 Å². The van der Waals surface area contributed by atoms with Gasteiger partial charge in [-0.1, -0.05) is 23.7 Å². The second-order valence-electron chi connectivity index (χ2n) is 6.38. The van der Waals surface area contributed by atoms with Crippen LogP contribution in [-0.2, 0) is 21.4 Å². The highest BCUT2D eigenvalue weighted by molar-refractivity contribution is 7.91. The smallest absolute Gasteiger partial charge is 0.414 e. The van der Waals surface area contributed by atoms with Crippen LogP contribution in [0.5, 0.6) is 0 Å². The van der Waals surface area contributed by atoms with Gasteiger partial charge in [-0.2, -0.15) is 4.31 Å². The lowest BCUT2D eigenvalue weighted by atomic mass is 9.92. The Morgan fingerprint density at radius 2 is 1.96 bits per heavy atom. The van der Waals surface area contributed by atoms with Crippen molar-refractivity contribution in [2.24, 2.45) is 0 Å². The van der Waals surface area contributed by atoms with Gasteiger partial charge in [-0.15, -0.1) is 11.3 Å². The van der Waals surface area contributed by atoms with Gasteiger partial charge >= 0.3 is 6.09 Å². The van der Waals surface area contributed by atoms with Gasteiger partial charge in [0, 0.05) is 24.7 Å². The van der Waals surface area contributed by atoms with Crippen LogP contribution in [0.1, 0.15) is 18.4 Å². The number of fused-ring (bicyclic) bond motifs is 1. The van der Waals surface area contributed by atoms with E-state index in [0.717, 1.165) is 11.3 Å². The van der Waals surface area contributed by atoms with E-state index in [-0.39, 0.29) is 18.7 Å². The second kappa shape index (κ2) is 6.72. The van der Waals surface area contributed by atoms with Crippen LogP contribution in [0.25, 0.3) is 0 Å². The predicted molar refractivity (Wildman–Crippen MR) is 101 cm³/mol. The molecule has 0 atom stereocenters. The summed E-state index contributed by atoms with van der Waals surface area (Å²) >= 11 is 1.22. The Bertz CT molecular complexity index is 922. The van der Waals surface area contributed by atoms with Crippen molar-refractivity contribution in [1.29, 1.82) is 0 Å². The van der Waals surface area contributed by atoms with Gasteiger partial charge in [0.1, 0.15) is 18.7 Å². The molecule has 1 amide bonds. The normalized spacial score (nSPS) is 19.2. The van der Waals surface area contributed by atoms with E-state index in [2.05, 4.69) is 0 Å². The number of rotatable bonds is 3. The van der Waals surface area contributed by atoms with Crippen LogP contribution in [0.2, 0.25) is 0 Å². The molecular weight excluding hydrogens is 371 g/mol. The van der Waals surface area contributed by atoms with Gasteiger partial charge in [0.15, 0.2) is 0 Å². The van der Waals surface area contributed by atoms with Gasteiger partial charge in [0.2, 0.25) is 0 Å². The summed E-state index contributed by atoms with van der Waals surface area (Å²) in [6.45, 7) is 0.958. The Morgan fingerprint density at radius 3 is 2.65 bits per heavy atom. The number of carbonyl (C=O) groups excluding carboxylic acids is 1. The monoisotopic (exact) mass is 388 g/mol. The van der Waals surface area contributed by atoms with Crippen LogP contribution in [0, 0.1) is 0 Å². The number of carbonyl (C=O) groups is 1. The van der Waals surface area contributed by atoms with Crippen LogP contribution in [0.4, 0.5) is 10.5 Å². The molecule has 0 unspecified atom stereocenters. The summed E-state index contributed by atoms with van der Waals surface area (Å²) in [6, 6.07) is 8.66. The van der Waals surface area contributed by atoms with Gasteiger partial charge < -0.3 is 4.74 Å². The van der Waals surface area contributed by atoms with E-state index in [4.69, 9.17) is 12.6 Å². The first-order valence-corrected chi connectivity index (χ1v) is 10.7. The topological polar surface area (TPSA) is 66.9 Å². The number of ether oxygens (including phenoxy) is 1. The summed E-state index contributed by atoms with van der Waals surface area (Å²) < 4.78 is 32.4. The van der Waals surface area contributed by atoms with E-state index >= 15 is 0 Å². The molecule has 0 aliphatic carbocycles. The van der Waals surface area contributed by atoms with Gasteiger partial charge in [0.25, 0.3) is 10.0 Å². The number of nitrogens with zero attached hydrogens (tertiary/aromatic N) is 2. The highest BCUT2D eigenvalue weighted by Gasteiger charge is 2.37. The molecule has 2 aliphatic rings. The Balaban J connectivity index is 1.53. The molecule has 2 aliphatic heterocycles. The number of benzene rings is 1. The van der Waals surface area contributed by atoms with Crippen LogP contribution < -0.4 is 10.4 Å². The molecule has 134 valence electrons. The predicted octanol–water partition coefficient (Wildman–Crippen LogP) is 1.85.